The Morgan fingerprint density at radius 3 is 2.29 bits per heavy atom. The van der Waals surface area contributed by atoms with Gasteiger partial charge >= 0.3 is 0 Å². The fourth-order valence-electron chi connectivity index (χ4n) is 6.85. The highest BCUT2D eigenvalue weighted by Gasteiger charge is 2.20. The summed E-state index contributed by atoms with van der Waals surface area (Å²) < 4.78 is 4.78. The van der Waals surface area contributed by atoms with Crippen molar-refractivity contribution in [1.82, 2.24) is 14.1 Å². The first kappa shape index (κ1) is 23.3. The van der Waals surface area contributed by atoms with Gasteiger partial charge in [0, 0.05) is 39.6 Å². The van der Waals surface area contributed by atoms with E-state index in [-0.39, 0.29) is 0 Å². The third-order valence-electron chi connectivity index (χ3n) is 8.80. The Balaban J connectivity index is 1.28. The summed E-state index contributed by atoms with van der Waals surface area (Å²) in [6.07, 6.45) is 8.79. The predicted octanol–water partition coefficient (Wildman–Crippen LogP) is 9.90. The largest absolute Gasteiger partial charge is 0.310 e. The highest BCUT2D eigenvalue weighted by molar-refractivity contribution is 6.08. The van der Waals surface area contributed by atoms with Crippen molar-refractivity contribution >= 4 is 49.7 Å². The van der Waals surface area contributed by atoms with Gasteiger partial charge < -0.3 is 9.13 Å². The summed E-state index contributed by atoms with van der Waals surface area (Å²) in [5.41, 5.74) is 11.9. The van der Waals surface area contributed by atoms with E-state index in [2.05, 4.69) is 143 Å². The molecule has 0 saturated carbocycles. The number of benzene rings is 5. The number of pyridine rings is 1. The summed E-state index contributed by atoms with van der Waals surface area (Å²) >= 11 is 0. The second-order valence-electron chi connectivity index (χ2n) is 11.2. The monoisotopic (exact) mass is 537 g/mol. The molecule has 0 bridgehead atoms. The summed E-state index contributed by atoms with van der Waals surface area (Å²) in [5.74, 6) is 0. The number of fused-ring (bicyclic) bond motifs is 7. The standard InChI is InChI=1S/C39H27N3/c1-2-12-30(13-3-1)41-36-17-9-7-15-34(36)39-38(41)24-29(25-40-39)28-19-21-33-32-14-6-8-16-35(32)42(37(33)23-28)31-20-18-26-10-4-5-11-27(26)22-31/h1-5,7-13,15-25H,6,14H2. The highest BCUT2D eigenvalue weighted by Crippen LogP contribution is 2.38. The zero-order chi connectivity index (χ0) is 27.6. The molecule has 3 heterocycles. The molecule has 0 fully saturated rings. The molecule has 8 aromatic rings. The van der Waals surface area contributed by atoms with Crippen molar-refractivity contribution in [2.75, 3.05) is 0 Å². The van der Waals surface area contributed by atoms with Crippen molar-refractivity contribution in [3.8, 4) is 22.5 Å². The van der Waals surface area contributed by atoms with Gasteiger partial charge in [-0.05, 0) is 83.3 Å². The number of para-hydroxylation sites is 2. The Labute approximate surface area is 243 Å². The number of nitrogens with zero attached hydrogens (tertiary/aromatic N) is 3. The molecule has 3 aromatic heterocycles. The lowest BCUT2D eigenvalue weighted by Crippen LogP contribution is -2.00. The number of aromatic nitrogens is 3. The van der Waals surface area contributed by atoms with Crippen molar-refractivity contribution in [3.05, 3.63) is 145 Å². The molecule has 3 nitrogen and oxygen atoms in total. The van der Waals surface area contributed by atoms with Crippen LogP contribution in [0.4, 0.5) is 0 Å². The smallest absolute Gasteiger partial charge is 0.0963 e. The van der Waals surface area contributed by atoms with Crippen LogP contribution in [0, 0.1) is 0 Å². The maximum atomic E-state index is 5.05. The van der Waals surface area contributed by atoms with E-state index in [0.29, 0.717) is 0 Å². The molecule has 0 aliphatic heterocycles. The predicted molar refractivity (Wildman–Crippen MR) is 176 cm³/mol. The number of aryl methyl sites for hydroxylation is 1. The van der Waals surface area contributed by atoms with Gasteiger partial charge in [-0.2, -0.15) is 0 Å². The zero-order valence-electron chi connectivity index (χ0n) is 23.0. The van der Waals surface area contributed by atoms with Crippen LogP contribution >= 0.6 is 0 Å². The second-order valence-corrected chi connectivity index (χ2v) is 11.2. The van der Waals surface area contributed by atoms with Crippen LogP contribution < -0.4 is 0 Å². The fraction of sp³-hybridized carbons (Fsp3) is 0.0513. The molecule has 0 unspecified atom stereocenters. The average molecular weight is 538 g/mol. The van der Waals surface area contributed by atoms with Crippen LogP contribution in [-0.2, 0) is 6.42 Å². The van der Waals surface area contributed by atoms with E-state index in [0.717, 1.165) is 35.1 Å². The normalized spacial score (nSPS) is 13.0. The van der Waals surface area contributed by atoms with Gasteiger partial charge in [-0.15, -0.1) is 0 Å². The Kier molecular flexibility index (Phi) is 5.02. The molecule has 9 rings (SSSR count). The minimum absolute atomic E-state index is 1.03. The SMILES string of the molecule is C1=Cc2c(c3ccc(-c4cnc5c6ccccc6n(-c6ccccc6)c5c4)cc3n2-c2ccc3ccccc3c2)CC1. The summed E-state index contributed by atoms with van der Waals surface area (Å²) in [6, 6.07) is 43.8. The van der Waals surface area contributed by atoms with E-state index >= 15 is 0 Å². The quantitative estimate of drug-likeness (QED) is 0.220. The van der Waals surface area contributed by atoms with E-state index in [9.17, 15) is 0 Å². The van der Waals surface area contributed by atoms with Gasteiger partial charge in [0.2, 0.25) is 0 Å². The molecule has 0 amide bonds. The summed E-state index contributed by atoms with van der Waals surface area (Å²) in [5, 5.41) is 5.02. The molecule has 198 valence electrons. The molecule has 0 atom stereocenters. The van der Waals surface area contributed by atoms with Crippen LogP contribution in [0.3, 0.4) is 0 Å². The summed E-state index contributed by atoms with van der Waals surface area (Å²) in [4.78, 5) is 5.05. The number of hydrogen-bond acceptors (Lipinski definition) is 1. The molecule has 0 spiro atoms. The molecule has 42 heavy (non-hydrogen) atoms. The highest BCUT2D eigenvalue weighted by atomic mass is 15.0. The van der Waals surface area contributed by atoms with E-state index < -0.39 is 0 Å². The first-order chi connectivity index (χ1) is 20.8. The van der Waals surface area contributed by atoms with Gasteiger partial charge in [-0.1, -0.05) is 84.9 Å². The van der Waals surface area contributed by atoms with Gasteiger partial charge in [-0.3, -0.25) is 4.98 Å². The lowest BCUT2D eigenvalue weighted by molar-refractivity contribution is 0.968. The zero-order valence-corrected chi connectivity index (χ0v) is 23.0. The first-order valence-corrected chi connectivity index (χ1v) is 14.6. The van der Waals surface area contributed by atoms with Crippen molar-refractivity contribution in [2.45, 2.75) is 12.8 Å². The van der Waals surface area contributed by atoms with E-state index in [1.54, 1.807) is 0 Å². The third-order valence-corrected chi connectivity index (χ3v) is 8.80. The minimum atomic E-state index is 1.03. The van der Waals surface area contributed by atoms with E-state index in [1.165, 1.54) is 55.1 Å². The van der Waals surface area contributed by atoms with Gasteiger partial charge in [0.15, 0.2) is 0 Å². The molecular formula is C39H27N3. The number of allylic oxidation sites excluding steroid dienone is 1. The average Bonchev–Trinajstić information content (AvgIpc) is 3.57. The fourth-order valence-corrected chi connectivity index (χ4v) is 6.85. The van der Waals surface area contributed by atoms with Crippen LogP contribution in [0.2, 0.25) is 0 Å². The Bertz CT molecular complexity index is 2350. The topological polar surface area (TPSA) is 22.8 Å². The Morgan fingerprint density at radius 2 is 1.36 bits per heavy atom. The van der Waals surface area contributed by atoms with Crippen LogP contribution in [0.25, 0.3) is 72.2 Å². The van der Waals surface area contributed by atoms with E-state index in [1.807, 2.05) is 6.20 Å². The third kappa shape index (κ3) is 3.44. The van der Waals surface area contributed by atoms with Crippen LogP contribution in [0.5, 0.6) is 0 Å². The second kappa shape index (κ2) is 9.05. The maximum Gasteiger partial charge on any atom is 0.0963 e. The van der Waals surface area contributed by atoms with Gasteiger partial charge in [0.05, 0.1) is 22.1 Å². The Morgan fingerprint density at radius 1 is 0.548 bits per heavy atom. The van der Waals surface area contributed by atoms with E-state index in [4.69, 9.17) is 4.98 Å². The van der Waals surface area contributed by atoms with Gasteiger partial charge in [0.1, 0.15) is 0 Å². The molecule has 1 aliphatic carbocycles. The molecule has 0 radical (unpaired) electrons. The van der Waals surface area contributed by atoms with Crippen molar-refractivity contribution in [3.63, 3.8) is 0 Å². The molecular weight excluding hydrogens is 510 g/mol. The minimum Gasteiger partial charge on any atom is -0.310 e. The van der Waals surface area contributed by atoms with Crippen molar-refractivity contribution < 1.29 is 0 Å². The van der Waals surface area contributed by atoms with Crippen LogP contribution in [-0.4, -0.2) is 14.1 Å². The summed E-state index contributed by atoms with van der Waals surface area (Å²) in [6.45, 7) is 0. The molecule has 5 aromatic carbocycles. The van der Waals surface area contributed by atoms with Crippen LogP contribution in [0.15, 0.2) is 134 Å². The lowest BCUT2D eigenvalue weighted by atomic mass is 9.99. The number of rotatable bonds is 3. The Hall–Kier alpha value is -5.41. The van der Waals surface area contributed by atoms with Crippen LogP contribution in [0.1, 0.15) is 17.7 Å². The first-order valence-electron chi connectivity index (χ1n) is 14.6. The molecule has 0 N–H and O–H groups in total. The summed E-state index contributed by atoms with van der Waals surface area (Å²) in [7, 11) is 0. The maximum absolute atomic E-state index is 5.05. The number of hydrogen-bond donors (Lipinski definition) is 0. The lowest BCUT2D eigenvalue weighted by Gasteiger charge is -2.13. The molecule has 0 saturated heterocycles. The van der Waals surface area contributed by atoms with Crippen molar-refractivity contribution in [2.24, 2.45) is 0 Å². The van der Waals surface area contributed by atoms with Gasteiger partial charge in [0.25, 0.3) is 0 Å². The molecule has 1 aliphatic rings. The molecule has 3 heteroatoms. The van der Waals surface area contributed by atoms with Gasteiger partial charge in [-0.25, -0.2) is 0 Å². The van der Waals surface area contributed by atoms with Crippen molar-refractivity contribution in [1.29, 1.82) is 0 Å².